The van der Waals surface area contributed by atoms with E-state index in [1.165, 1.54) is 0 Å². The third kappa shape index (κ3) is 3.61. The van der Waals surface area contributed by atoms with E-state index in [0.717, 1.165) is 6.54 Å². The average Bonchev–Trinajstić information content (AvgIpc) is 2.27. The molecule has 0 N–H and O–H groups in total. The Morgan fingerprint density at radius 3 is 2.46 bits per heavy atom. The second-order valence-corrected chi connectivity index (χ2v) is 5.04. The van der Waals surface area contributed by atoms with Gasteiger partial charge in [-0.2, -0.15) is 0 Å². The molecule has 2 nitrogen and oxygen atoms in total. The Kier molecular flexibility index (Phi) is 2.98. The van der Waals surface area contributed by atoms with Crippen molar-refractivity contribution in [1.82, 2.24) is 4.90 Å². The van der Waals surface area contributed by atoms with Crippen LogP contribution < -0.4 is 0 Å². The van der Waals surface area contributed by atoms with Gasteiger partial charge in [-0.25, -0.2) is 4.39 Å². The second kappa shape index (κ2) is 3.54. The number of hydrogen-bond donors (Lipinski definition) is 0. The molecule has 0 aliphatic carbocycles. The SMILES string of the molecule is CN1CC[C@@](F)(COC(C)(C)C)C1. The summed E-state index contributed by atoms with van der Waals surface area (Å²) in [6.07, 6.45) is 0.597. The van der Waals surface area contributed by atoms with Crippen LogP contribution in [-0.2, 0) is 4.74 Å². The van der Waals surface area contributed by atoms with Crippen molar-refractivity contribution in [3.05, 3.63) is 0 Å². The maximum absolute atomic E-state index is 13.9. The Balaban J connectivity index is 2.36. The Labute approximate surface area is 80.1 Å². The largest absolute Gasteiger partial charge is 0.372 e. The van der Waals surface area contributed by atoms with Gasteiger partial charge in [0.1, 0.15) is 5.67 Å². The van der Waals surface area contributed by atoms with Crippen LogP contribution in [0.25, 0.3) is 0 Å². The lowest BCUT2D eigenvalue weighted by atomic mass is 10.1. The zero-order valence-corrected chi connectivity index (χ0v) is 9.06. The topological polar surface area (TPSA) is 12.5 Å². The highest BCUT2D eigenvalue weighted by Crippen LogP contribution is 2.26. The lowest BCUT2D eigenvalue weighted by molar-refractivity contribution is -0.0601. The van der Waals surface area contributed by atoms with Gasteiger partial charge in [-0.3, -0.25) is 0 Å². The third-order valence-corrected chi connectivity index (χ3v) is 2.26. The van der Waals surface area contributed by atoms with Gasteiger partial charge in [0.15, 0.2) is 0 Å². The number of nitrogens with zero attached hydrogens (tertiary/aromatic N) is 1. The van der Waals surface area contributed by atoms with Crippen LogP contribution in [-0.4, -0.2) is 42.9 Å². The smallest absolute Gasteiger partial charge is 0.148 e. The molecule has 0 aromatic rings. The molecule has 0 saturated carbocycles. The van der Waals surface area contributed by atoms with Crippen LogP contribution in [0.3, 0.4) is 0 Å². The average molecular weight is 189 g/mol. The Bertz CT molecular complexity index is 178. The van der Waals surface area contributed by atoms with Crippen LogP contribution in [0.4, 0.5) is 4.39 Å². The molecule has 0 aromatic heterocycles. The summed E-state index contributed by atoms with van der Waals surface area (Å²) in [7, 11) is 1.94. The number of ether oxygens (including phenoxy) is 1. The minimum Gasteiger partial charge on any atom is -0.372 e. The van der Waals surface area contributed by atoms with Crippen LogP contribution >= 0.6 is 0 Å². The maximum Gasteiger partial charge on any atom is 0.148 e. The molecule has 0 bridgehead atoms. The molecule has 1 rings (SSSR count). The lowest BCUT2D eigenvalue weighted by Crippen LogP contribution is -2.36. The van der Waals surface area contributed by atoms with E-state index in [4.69, 9.17) is 4.74 Å². The van der Waals surface area contributed by atoms with Crippen LogP contribution in [0, 0.1) is 0 Å². The number of rotatable bonds is 2. The molecule has 78 valence electrons. The second-order valence-electron chi connectivity index (χ2n) is 5.04. The molecule has 1 fully saturated rings. The van der Waals surface area contributed by atoms with Crippen molar-refractivity contribution in [3.8, 4) is 0 Å². The minimum atomic E-state index is -1.12. The lowest BCUT2D eigenvalue weighted by Gasteiger charge is -2.26. The van der Waals surface area contributed by atoms with Gasteiger partial charge in [0.05, 0.1) is 12.2 Å². The van der Waals surface area contributed by atoms with Crippen molar-refractivity contribution in [2.45, 2.75) is 38.5 Å². The van der Waals surface area contributed by atoms with Gasteiger partial charge in [-0.15, -0.1) is 0 Å². The summed E-state index contributed by atoms with van der Waals surface area (Å²) in [4.78, 5) is 2.01. The molecular formula is C10H20FNO. The van der Waals surface area contributed by atoms with Crippen LogP contribution in [0.1, 0.15) is 27.2 Å². The number of likely N-dealkylation sites (tertiary alicyclic amines) is 1. The molecule has 0 radical (unpaired) electrons. The molecule has 1 saturated heterocycles. The first-order chi connectivity index (χ1) is 5.81. The maximum atomic E-state index is 13.9. The van der Waals surface area contributed by atoms with Gasteiger partial charge >= 0.3 is 0 Å². The van der Waals surface area contributed by atoms with Crippen molar-refractivity contribution in [1.29, 1.82) is 0 Å². The quantitative estimate of drug-likeness (QED) is 0.657. The summed E-state index contributed by atoms with van der Waals surface area (Å²) < 4.78 is 19.4. The Morgan fingerprint density at radius 2 is 2.08 bits per heavy atom. The van der Waals surface area contributed by atoms with Crippen molar-refractivity contribution in [3.63, 3.8) is 0 Å². The number of hydrogen-bond acceptors (Lipinski definition) is 2. The van der Waals surface area contributed by atoms with E-state index in [1.54, 1.807) is 0 Å². The van der Waals surface area contributed by atoms with Crippen LogP contribution in [0.2, 0.25) is 0 Å². The van der Waals surface area contributed by atoms with Gasteiger partial charge in [0.2, 0.25) is 0 Å². The minimum absolute atomic E-state index is 0.223. The molecule has 0 amide bonds. The Morgan fingerprint density at radius 1 is 1.46 bits per heavy atom. The third-order valence-electron chi connectivity index (χ3n) is 2.26. The first-order valence-electron chi connectivity index (χ1n) is 4.82. The summed E-state index contributed by atoms with van der Waals surface area (Å²) in [5, 5.41) is 0. The van der Waals surface area contributed by atoms with Crippen molar-refractivity contribution in [2.24, 2.45) is 0 Å². The van der Waals surface area contributed by atoms with E-state index in [0.29, 0.717) is 13.0 Å². The fraction of sp³-hybridized carbons (Fsp3) is 1.00. The molecule has 1 heterocycles. The molecular weight excluding hydrogens is 169 g/mol. The normalized spacial score (nSPS) is 31.2. The van der Waals surface area contributed by atoms with Gasteiger partial charge in [0.25, 0.3) is 0 Å². The highest BCUT2D eigenvalue weighted by molar-refractivity contribution is 4.89. The van der Waals surface area contributed by atoms with Gasteiger partial charge < -0.3 is 9.64 Å². The zero-order chi connectivity index (χ0) is 10.1. The fourth-order valence-electron chi connectivity index (χ4n) is 1.50. The van der Waals surface area contributed by atoms with Crippen LogP contribution in [0.5, 0.6) is 0 Å². The van der Waals surface area contributed by atoms with Gasteiger partial charge in [-0.1, -0.05) is 0 Å². The predicted molar refractivity (Wildman–Crippen MR) is 51.7 cm³/mol. The van der Waals surface area contributed by atoms with E-state index >= 15 is 0 Å². The highest BCUT2D eigenvalue weighted by atomic mass is 19.1. The molecule has 1 atom stereocenters. The summed E-state index contributed by atoms with van der Waals surface area (Å²) in [6.45, 7) is 7.42. The van der Waals surface area contributed by atoms with Crippen LogP contribution in [0.15, 0.2) is 0 Å². The van der Waals surface area contributed by atoms with E-state index in [9.17, 15) is 4.39 Å². The Hall–Kier alpha value is -0.150. The number of alkyl halides is 1. The fourth-order valence-corrected chi connectivity index (χ4v) is 1.50. The van der Waals surface area contributed by atoms with Crippen molar-refractivity contribution >= 4 is 0 Å². The van der Waals surface area contributed by atoms with E-state index < -0.39 is 5.67 Å². The first-order valence-corrected chi connectivity index (χ1v) is 4.82. The number of halogens is 1. The summed E-state index contributed by atoms with van der Waals surface area (Å²) in [5.41, 5.74) is -1.36. The standard InChI is InChI=1S/C10H20FNO/c1-9(2,3)13-8-10(11)5-6-12(4)7-10/h5-8H2,1-4H3/t10-/m0/s1. The molecule has 1 aliphatic rings. The predicted octanol–water partition coefficient (Wildman–Crippen LogP) is 1.85. The summed E-state index contributed by atoms with van der Waals surface area (Å²) >= 11 is 0. The summed E-state index contributed by atoms with van der Waals surface area (Å²) in [6, 6.07) is 0. The molecule has 13 heavy (non-hydrogen) atoms. The van der Waals surface area contributed by atoms with Gasteiger partial charge in [-0.05, 0) is 34.2 Å². The molecule has 3 heteroatoms. The monoisotopic (exact) mass is 189 g/mol. The zero-order valence-electron chi connectivity index (χ0n) is 9.06. The molecule has 0 unspecified atom stereocenters. The summed E-state index contributed by atoms with van der Waals surface area (Å²) in [5.74, 6) is 0. The first kappa shape index (κ1) is 10.9. The molecule has 1 aliphatic heterocycles. The van der Waals surface area contributed by atoms with E-state index in [1.807, 2.05) is 32.7 Å². The van der Waals surface area contributed by atoms with E-state index in [2.05, 4.69) is 0 Å². The van der Waals surface area contributed by atoms with Crippen molar-refractivity contribution < 1.29 is 9.13 Å². The van der Waals surface area contributed by atoms with E-state index in [-0.39, 0.29) is 12.2 Å². The van der Waals surface area contributed by atoms with Gasteiger partial charge in [0, 0.05) is 13.1 Å². The van der Waals surface area contributed by atoms with Crippen molar-refractivity contribution in [2.75, 3.05) is 26.7 Å². The highest BCUT2D eigenvalue weighted by Gasteiger charge is 2.37. The molecule has 0 aromatic carbocycles. The molecule has 0 spiro atoms.